The summed E-state index contributed by atoms with van der Waals surface area (Å²) in [4.78, 5) is 22.8. The molecule has 1 amide bonds. The van der Waals surface area contributed by atoms with Gasteiger partial charge in [-0.1, -0.05) is 12.1 Å². The van der Waals surface area contributed by atoms with Crippen LogP contribution in [0.15, 0.2) is 40.8 Å². The Morgan fingerprint density at radius 1 is 1.39 bits per heavy atom. The molecule has 23 heavy (non-hydrogen) atoms. The minimum absolute atomic E-state index is 0.0645. The number of non-ortho nitro benzene ring substituents is 1. The number of carbonyl (C=O) groups excluding carboxylic acids is 1. The van der Waals surface area contributed by atoms with Gasteiger partial charge in [-0.15, -0.1) is 23.1 Å². The Kier molecular flexibility index (Phi) is 6.30. The Bertz CT molecular complexity index is 711. The highest BCUT2D eigenvalue weighted by Crippen LogP contribution is 2.16. The van der Waals surface area contributed by atoms with Gasteiger partial charge in [0.2, 0.25) is 5.91 Å². The summed E-state index contributed by atoms with van der Waals surface area (Å²) in [5.74, 6) is 0.707. The van der Waals surface area contributed by atoms with E-state index in [1.54, 1.807) is 29.7 Å². The lowest BCUT2D eigenvalue weighted by Crippen LogP contribution is -2.19. The van der Waals surface area contributed by atoms with E-state index in [2.05, 4.69) is 10.5 Å². The van der Waals surface area contributed by atoms with Gasteiger partial charge in [-0.3, -0.25) is 14.9 Å². The summed E-state index contributed by atoms with van der Waals surface area (Å²) in [6.45, 7) is 1.99. The average molecular weight is 349 g/mol. The fourth-order valence-corrected chi connectivity index (χ4v) is 3.25. The van der Waals surface area contributed by atoms with Crippen molar-refractivity contribution in [2.75, 3.05) is 5.75 Å². The molecule has 0 atom stereocenters. The van der Waals surface area contributed by atoms with Crippen LogP contribution < -0.4 is 5.43 Å². The van der Waals surface area contributed by atoms with Gasteiger partial charge in [0.25, 0.3) is 5.69 Å². The number of carbonyl (C=O) groups is 1. The second kappa shape index (κ2) is 8.44. The number of benzene rings is 1. The predicted octanol–water partition coefficient (Wildman–Crippen LogP) is 3.35. The fourth-order valence-electron chi connectivity index (χ4n) is 1.69. The van der Waals surface area contributed by atoms with Gasteiger partial charge in [0.15, 0.2) is 0 Å². The van der Waals surface area contributed by atoms with Crippen molar-refractivity contribution in [2.45, 2.75) is 12.7 Å². The predicted molar refractivity (Wildman–Crippen MR) is 94.1 cm³/mol. The van der Waals surface area contributed by atoms with Crippen LogP contribution in [0.4, 0.5) is 5.69 Å². The van der Waals surface area contributed by atoms with Crippen LogP contribution in [-0.4, -0.2) is 22.8 Å². The molecule has 6 nitrogen and oxygen atoms in total. The highest BCUT2D eigenvalue weighted by Gasteiger charge is 2.05. The number of rotatable bonds is 7. The van der Waals surface area contributed by atoms with Crippen molar-refractivity contribution < 1.29 is 9.72 Å². The largest absolute Gasteiger partial charge is 0.272 e. The van der Waals surface area contributed by atoms with E-state index < -0.39 is 4.92 Å². The molecule has 0 aliphatic rings. The Labute approximate surface area is 141 Å². The summed E-state index contributed by atoms with van der Waals surface area (Å²) in [5, 5.41) is 16.5. The van der Waals surface area contributed by atoms with Crippen molar-refractivity contribution in [3.05, 3.63) is 61.8 Å². The molecule has 0 fully saturated rings. The zero-order valence-corrected chi connectivity index (χ0v) is 14.0. The zero-order valence-electron chi connectivity index (χ0n) is 12.4. The molecule has 0 saturated heterocycles. The molecule has 0 spiro atoms. The van der Waals surface area contributed by atoms with Crippen molar-refractivity contribution >= 4 is 40.9 Å². The zero-order chi connectivity index (χ0) is 16.7. The summed E-state index contributed by atoms with van der Waals surface area (Å²) >= 11 is 2.99. The van der Waals surface area contributed by atoms with Gasteiger partial charge in [0.05, 0.1) is 16.9 Å². The van der Waals surface area contributed by atoms with Crippen LogP contribution in [-0.2, 0) is 10.5 Å². The van der Waals surface area contributed by atoms with E-state index in [1.165, 1.54) is 23.9 Å². The first kappa shape index (κ1) is 17.2. The molecule has 1 heterocycles. The third kappa shape index (κ3) is 5.50. The van der Waals surface area contributed by atoms with Gasteiger partial charge in [-0.05, 0) is 29.5 Å². The van der Waals surface area contributed by atoms with Crippen LogP contribution >= 0.6 is 23.1 Å². The third-order valence-electron chi connectivity index (χ3n) is 2.92. The first-order chi connectivity index (χ1) is 11.1. The number of amides is 1. The summed E-state index contributed by atoms with van der Waals surface area (Å²) in [7, 11) is 0. The number of nitro groups is 1. The highest BCUT2D eigenvalue weighted by molar-refractivity contribution is 7.99. The standard InChI is InChI=1S/C15H15N3O3S2/c1-11-6-7-23-14(11)8-16-17-15(19)10-22-9-12-2-4-13(5-3-12)18(20)21/h2-8H,9-10H2,1H3,(H,17,19)/b16-8+. The first-order valence-corrected chi connectivity index (χ1v) is 8.77. The van der Waals surface area contributed by atoms with Crippen LogP contribution in [0.1, 0.15) is 16.0 Å². The van der Waals surface area contributed by atoms with Crippen LogP contribution in [0.2, 0.25) is 0 Å². The summed E-state index contributed by atoms with van der Waals surface area (Å²) in [5.41, 5.74) is 4.61. The number of hydrogen-bond acceptors (Lipinski definition) is 6. The minimum atomic E-state index is -0.433. The molecule has 0 saturated carbocycles. The van der Waals surface area contributed by atoms with Gasteiger partial charge in [-0.25, -0.2) is 5.43 Å². The van der Waals surface area contributed by atoms with E-state index in [1.807, 2.05) is 18.4 Å². The number of hydrazone groups is 1. The van der Waals surface area contributed by atoms with Crippen molar-refractivity contribution in [3.63, 3.8) is 0 Å². The van der Waals surface area contributed by atoms with Gasteiger partial charge in [0.1, 0.15) is 0 Å². The molecule has 0 unspecified atom stereocenters. The van der Waals surface area contributed by atoms with Crippen LogP contribution in [0, 0.1) is 17.0 Å². The van der Waals surface area contributed by atoms with E-state index in [0.29, 0.717) is 5.75 Å². The number of nitro benzene ring substituents is 1. The van der Waals surface area contributed by atoms with E-state index in [9.17, 15) is 14.9 Å². The number of nitrogens with one attached hydrogen (secondary N) is 1. The maximum atomic E-state index is 11.7. The Hall–Kier alpha value is -2.19. The van der Waals surface area contributed by atoms with Crippen molar-refractivity contribution in [2.24, 2.45) is 5.10 Å². The molecule has 0 aliphatic heterocycles. The summed E-state index contributed by atoms with van der Waals surface area (Å²) < 4.78 is 0. The second-order valence-corrected chi connectivity index (χ2v) is 6.61. The number of hydrogen-bond donors (Lipinski definition) is 1. The third-order valence-corrected chi connectivity index (χ3v) is 4.88. The van der Waals surface area contributed by atoms with E-state index in [4.69, 9.17) is 0 Å². The Morgan fingerprint density at radius 3 is 2.74 bits per heavy atom. The van der Waals surface area contributed by atoms with Gasteiger partial charge < -0.3 is 0 Å². The number of nitrogens with zero attached hydrogens (tertiary/aromatic N) is 2. The quantitative estimate of drug-likeness (QED) is 0.472. The van der Waals surface area contributed by atoms with Crippen molar-refractivity contribution in [1.82, 2.24) is 5.43 Å². The molecular formula is C15H15N3O3S2. The summed E-state index contributed by atoms with van der Waals surface area (Å²) in [6, 6.07) is 8.31. The van der Waals surface area contributed by atoms with E-state index in [-0.39, 0.29) is 17.3 Å². The number of thioether (sulfide) groups is 1. The SMILES string of the molecule is Cc1ccsc1/C=N/NC(=O)CSCc1ccc([N+](=O)[O-])cc1. The van der Waals surface area contributed by atoms with Gasteiger partial charge in [0, 0.05) is 22.8 Å². The van der Waals surface area contributed by atoms with Gasteiger partial charge in [-0.2, -0.15) is 5.10 Å². The van der Waals surface area contributed by atoms with Crippen LogP contribution in [0.3, 0.4) is 0 Å². The van der Waals surface area contributed by atoms with Crippen molar-refractivity contribution in [1.29, 1.82) is 0 Å². The lowest BCUT2D eigenvalue weighted by atomic mass is 10.2. The monoisotopic (exact) mass is 349 g/mol. The lowest BCUT2D eigenvalue weighted by Gasteiger charge is -2.01. The molecule has 1 N–H and O–H groups in total. The molecule has 8 heteroatoms. The molecule has 2 aromatic rings. The van der Waals surface area contributed by atoms with Crippen LogP contribution in [0.25, 0.3) is 0 Å². The fraction of sp³-hybridized carbons (Fsp3) is 0.200. The molecule has 0 radical (unpaired) electrons. The highest BCUT2D eigenvalue weighted by atomic mass is 32.2. The molecule has 0 bridgehead atoms. The van der Waals surface area contributed by atoms with Crippen molar-refractivity contribution in [3.8, 4) is 0 Å². The molecule has 2 rings (SSSR count). The van der Waals surface area contributed by atoms with E-state index in [0.717, 1.165) is 16.0 Å². The normalized spacial score (nSPS) is 10.8. The van der Waals surface area contributed by atoms with E-state index >= 15 is 0 Å². The Balaban J connectivity index is 1.71. The lowest BCUT2D eigenvalue weighted by molar-refractivity contribution is -0.384. The Morgan fingerprint density at radius 2 is 2.13 bits per heavy atom. The molecule has 1 aromatic carbocycles. The molecule has 1 aromatic heterocycles. The molecular weight excluding hydrogens is 334 g/mol. The second-order valence-electron chi connectivity index (χ2n) is 4.68. The topological polar surface area (TPSA) is 84.6 Å². The molecule has 120 valence electrons. The van der Waals surface area contributed by atoms with Gasteiger partial charge >= 0.3 is 0 Å². The first-order valence-electron chi connectivity index (χ1n) is 6.73. The average Bonchev–Trinajstić information content (AvgIpc) is 2.93. The minimum Gasteiger partial charge on any atom is -0.272 e. The number of aryl methyl sites for hydroxylation is 1. The maximum absolute atomic E-state index is 11.7. The smallest absolute Gasteiger partial charge is 0.269 e. The summed E-state index contributed by atoms with van der Waals surface area (Å²) in [6.07, 6.45) is 1.64. The number of thiophene rings is 1. The maximum Gasteiger partial charge on any atom is 0.269 e. The van der Waals surface area contributed by atoms with Crippen LogP contribution in [0.5, 0.6) is 0 Å². The molecule has 0 aliphatic carbocycles.